The highest BCUT2D eigenvalue weighted by molar-refractivity contribution is 6.34. The summed E-state index contributed by atoms with van der Waals surface area (Å²) in [7, 11) is 0. The van der Waals surface area contributed by atoms with E-state index in [1.807, 2.05) is 0 Å². The molecular formula is C9H7ClN2O3. The van der Waals surface area contributed by atoms with Crippen LogP contribution in [0.25, 0.3) is 11.1 Å². The fourth-order valence-electron chi connectivity index (χ4n) is 1.36. The van der Waals surface area contributed by atoms with E-state index in [1.54, 1.807) is 18.2 Å². The van der Waals surface area contributed by atoms with Crippen LogP contribution in [0.2, 0.25) is 5.02 Å². The van der Waals surface area contributed by atoms with Gasteiger partial charge in [-0.2, -0.15) is 0 Å². The van der Waals surface area contributed by atoms with Crippen molar-refractivity contribution < 1.29 is 9.21 Å². The summed E-state index contributed by atoms with van der Waals surface area (Å²) < 4.78 is 6.04. The number of primary amides is 1. The van der Waals surface area contributed by atoms with Gasteiger partial charge in [0.2, 0.25) is 5.91 Å². The molecule has 0 bridgehead atoms. The highest BCUT2D eigenvalue weighted by Gasteiger charge is 2.12. The summed E-state index contributed by atoms with van der Waals surface area (Å²) in [5.74, 6) is -1.25. The van der Waals surface area contributed by atoms with E-state index in [0.717, 1.165) is 4.57 Å². The Bertz CT molecular complexity index is 585. The maximum atomic E-state index is 11.4. The van der Waals surface area contributed by atoms with E-state index >= 15 is 0 Å². The molecule has 15 heavy (non-hydrogen) atoms. The third-order valence-corrected chi connectivity index (χ3v) is 2.26. The van der Waals surface area contributed by atoms with E-state index in [4.69, 9.17) is 21.8 Å². The van der Waals surface area contributed by atoms with E-state index in [-0.39, 0.29) is 12.1 Å². The maximum absolute atomic E-state index is 11.4. The number of rotatable bonds is 2. The largest absolute Gasteiger partial charge is 0.420 e. The van der Waals surface area contributed by atoms with E-state index in [2.05, 4.69) is 0 Å². The number of aromatic nitrogens is 1. The number of carbonyl (C=O) groups is 1. The normalized spacial score (nSPS) is 10.7. The van der Waals surface area contributed by atoms with Crippen molar-refractivity contribution in [2.24, 2.45) is 5.73 Å². The quantitative estimate of drug-likeness (QED) is 0.820. The summed E-state index contributed by atoms with van der Waals surface area (Å²) in [4.78, 5) is 22.1. The molecule has 0 saturated carbocycles. The first kappa shape index (κ1) is 9.79. The van der Waals surface area contributed by atoms with Gasteiger partial charge in [-0.05, 0) is 12.1 Å². The third-order valence-electron chi connectivity index (χ3n) is 1.96. The first-order chi connectivity index (χ1) is 7.09. The Morgan fingerprint density at radius 3 is 2.93 bits per heavy atom. The molecule has 2 N–H and O–H groups in total. The van der Waals surface area contributed by atoms with Gasteiger partial charge in [-0.25, -0.2) is 4.79 Å². The molecule has 0 saturated heterocycles. The van der Waals surface area contributed by atoms with Gasteiger partial charge in [0.1, 0.15) is 6.54 Å². The molecule has 1 aromatic heterocycles. The standard InChI is InChI=1S/C9H7ClN2O3/c10-5-2-1-3-6-8(5)15-9(14)12(6)4-7(11)13/h1-3H,4H2,(H2,11,13). The monoisotopic (exact) mass is 226 g/mol. The fraction of sp³-hybridized carbons (Fsp3) is 0.111. The lowest BCUT2D eigenvalue weighted by molar-refractivity contribution is -0.118. The summed E-state index contributed by atoms with van der Waals surface area (Å²) >= 11 is 5.82. The molecule has 5 nitrogen and oxygen atoms in total. The fourth-order valence-corrected chi connectivity index (χ4v) is 1.57. The predicted molar refractivity (Wildman–Crippen MR) is 54.7 cm³/mol. The number of amides is 1. The van der Waals surface area contributed by atoms with Gasteiger partial charge in [-0.3, -0.25) is 9.36 Å². The lowest BCUT2D eigenvalue weighted by Gasteiger charge is -1.97. The minimum atomic E-state index is -0.642. The summed E-state index contributed by atoms with van der Waals surface area (Å²) in [5.41, 5.74) is 5.74. The molecule has 2 aromatic rings. The van der Waals surface area contributed by atoms with Crippen molar-refractivity contribution in [2.45, 2.75) is 6.54 Å². The maximum Gasteiger partial charge on any atom is 0.420 e. The summed E-state index contributed by atoms with van der Waals surface area (Å²) in [6.45, 7) is -0.216. The molecule has 0 aliphatic rings. The second-order valence-electron chi connectivity index (χ2n) is 3.01. The van der Waals surface area contributed by atoms with Crippen LogP contribution >= 0.6 is 11.6 Å². The van der Waals surface area contributed by atoms with Crippen molar-refractivity contribution >= 4 is 28.6 Å². The van der Waals surface area contributed by atoms with E-state index < -0.39 is 11.7 Å². The van der Waals surface area contributed by atoms with Gasteiger partial charge in [0, 0.05) is 0 Å². The number of hydrogen-bond acceptors (Lipinski definition) is 3. The highest BCUT2D eigenvalue weighted by Crippen LogP contribution is 2.21. The molecule has 0 atom stereocenters. The Balaban J connectivity index is 2.74. The minimum absolute atomic E-state index is 0.216. The molecule has 6 heteroatoms. The van der Waals surface area contributed by atoms with E-state index in [0.29, 0.717) is 10.5 Å². The van der Waals surface area contributed by atoms with Gasteiger partial charge in [-0.1, -0.05) is 17.7 Å². The number of carbonyl (C=O) groups excluding carboxylic acids is 1. The molecule has 1 aromatic carbocycles. The Hall–Kier alpha value is -1.75. The van der Waals surface area contributed by atoms with Crippen molar-refractivity contribution in [3.05, 3.63) is 33.8 Å². The van der Waals surface area contributed by atoms with Gasteiger partial charge in [-0.15, -0.1) is 0 Å². The van der Waals surface area contributed by atoms with Crippen molar-refractivity contribution in [1.29, 1.82) is 0 Å². The van der Waals surface area contributed by atoms with Crippen LogP contribution in [0.3, 0.4) is 0 Å². The first-order valence-electron chi connectivity index (χ1n) is 4.16. The van der Waals surface area contributed by atoms with Crippen molar-refractivity contribution in [3.63, 3.8) is 0 Å². The van der Waals surface area contributed by atoms with Crippen LogP contribution < -0.4 is 11.5 Å². The average molecular weight is 227 g/mol. The lowest BCUT2D eigenvalue weighted by atomic mass is 10.3. The number of halogens is 1. The molecule has 1 amide bonds. The van der Waals surface area contributed by atoms with Gasteiger partial charge in [0.05, 0.1) is 10.5 Å². The Morgan fingerprint density at radius 1 is 1.53 bits per heavy atom. The van der Waals surface area contributed by atoms with Crippen LogP contribution in [-0.4, -0.2) is 10.5 Å². The number of fused-ring (bicyclic) bond motifs is 1. The molecule has 1 heterocycles. The second-order valence-corrected chi connectivity index (χ2v) is 3.42. The van der Waals surface area contributed by atoms with E-state index in [1.165, 1.54) is 0 Å². The molecule has 0 unspecified atom stereocenters. The topological polar surface area (TPSA) is 78.2 Å². The lowest BCUT2D eigenvalue weighted by Crippen LogP contribution is -2.24. The summed E-state index contributed by atoms with van der Waals surface area (Å²) in [5, 5.41) is 0.327. The minimum Gasteiger partial charge on any atom is -0.406 e. The number of hydrogen-bond donors (Lipinski definition) is 1. The van der Waals surface area contributed by atoms with Crippen LogP contribution in [0.15, 0.2) is 27.4 Å². The summed E-state index contributed by atoms with van der Waals surface area (Å²) in [6, 6.07) is 4.90. The van der Waals surface area contributed by atoms with Crippen molar-refractivity contribution in [2.75, 3.05) is 0 Å². The molecule has 0 spiro atoms. The van der Waals surface area contributed by atoms with Crippen LogP contribution in [-0.2, 0) is 11.3 Å². The Morgan fingerprint density at radius 2 is 2.27 bits per heavy atom. The van der Waals surface area contributed by atoms with Gasteiger partial charge in [0.15, 0.2) is 5.58 Å². The number of oxazole rings is 1. The van der Waals surface area contributed by atoms with Gasteiger partial charge in [0.25, 0.3) is 0 Å². The first-order valence-corrected chi connectivity index (χ1v) is 4.53. The average Bonchev–Trinajstić information content (AvgIpc) is 2.45. The van der Waals surface area contributed by atoms with E-state index in [9.17, 15) is 9.59 Å². The van der Waals surface area contributed by atoms with Crippen LogP contribution in [0.5, 0.6) is 0 Å². The molecule has 2 rings (SSSR count). The van der Waals surface area contributed by atoms with Gasteiger partial charge < -0.3 is 10.2 Å². The molecule has 0 aliphatic heterocycles. The SMILES string of the molecule is NC(=O)Cn1c(=O)oc2c(Cl)cccc21. The van der Waals surface area contributed by atoms with Crippen molar-refractivity contribution in [3.8, 4) is 0 Å². The summed E-state index contributed by atoms with van der Waals surface area (Å²) in [6.07, 6.45) is 0. The van der Waals surface area contributed by atoms with Crippen molar-refractivity contribution in [1.82, 2.24) is 4.57 Å². The zero-order chi connectivity index (χ0) is 11.0. The zero-order valence-corrected chi connectivity index (χ0v) is 8.32. The molecule has 0 aliphatic carbocycles. The number of nitrogens with two attached hydrogens (primary N) is 1. The molecule has 0 radical (unpaired) electrons. The number of nitrogens with zero attached hydrogens (tertiary/aromatic N) is 1. The molecule has 0 fully saturated rings. The number of benzene rings is 1. The predicted octanol–water partition coefficient (Wildman–Crippen LogP) is 0.733. The molecular weight excluding hydrogens is 220 g/mol. The van der Waals surface area contributed by atoms with Crippen LogP contribution in [0.4, 0.5) is 0 Å². The zero-order valence-electron chi connectivity index (χ0n) is 7.57. The number of para-hydroxylation sites is 1. The molecule has 78 valence electrons. The van der Waals surface area contributed by atoms with Crippen LogP contribution in [0, 0.1) is 0 Å². The smallest absolute Gasteiger partial charge is 0.406 e. The Kier molecular flexibility index (Phi) is 2.24. The highest BCUT2D eigenvalue weighted by atomic mass is 35.5. The second kappa shape index (κ2) is 3.43. The van der Waals surface area contributed by atoms with Gasteiger partial charge >= 0.3 is 5.76 Å². The third kappa shape index (κ3) is 1.61. The Labute approximate surface area is 89.0 Å². The van der Waals surface area contributed by atoms with Crippen LogP contribution in [0.1, 0.15) is 0 Å².